The van der Waals surface area contributed by atoms with Crippen LogP contribution in [0.15, 0.2) is 83.8 Å². The van der Waals surface area contributed by atoms with Crippen LogP contribution in [-0.4, -0.2) is 43.8 Å². The fraction of sp³-hybridized carbons (Fsp3) is 0.375. The van der Waals surface area contributed by atoms with Gasteiger partial charge in [-0.1, -0.05) is 80.9 Å². The van der Waals surface area contributed by atoms with Crippen LogP contribution in [0, 0.1) is 6.92 Å². The van der Waals surface area contributed by atoms with E-state index in [0.29, 0.717) is 12.1 Å². The van der Waals surface area contributed by atoms with Crippen molar-refractivity contribution in [3.63, 3.8) is 0 Å². The zero-order valence-electron chi connectivity index (χ0n) is 24.1. The van der Waals surface area contributed by atoms with Crippen molar-refractivity contribution >= 4 is 27.5 Å². The molecule has 7 nitrogen and oxygen atoms in total. The minimum Gasteiger partial charge on any atom is -0.352 e. The topological polar surface area (TPSA) is 86.8 Å². The maximum absolute atomic E-state index is 14.1. The van der Waals surface area contributed by atoms with Gasteiger partial charge in [-0.05, 0) is 68.5 Å². The van der Waals surface area contributed by atoms with E-state index in [9.17, 15) is 18.0 Å². The lowest BCUT2D eigenvalue weighted by molar-refractivity contribution is -0.140. The van der Waals surface area contributed by atoms with E-state index in [2.05, 4.69) is 5.32 Å². The third-order valence-corrected chi connectivity index (χ3v) is 8.89. The number of anilines is 1. The quantitative estimate of drug-likeness (QED) is 0.299. The van der Waals surface area contributed by atoms with Crippen LogP contribution in [0.1, 0.15) is 57.2 Å². The number of sulfonamides is 1. The molecule has 0 aliphatic heterocycles. The second kappa shape index (κ2) is 14.1. The van der Waals surface area contributed by atoms with E-state index in [4.69, 9.17) is 0 Å². The third kappa shape index (κ3) is 7.72. The van der Waals surface area contributed by atoms with Crippen LogP contribution < -0.4 is 9.62 Å². The Labute approximate surface area is 239 Å². The van der Waals surface area contributed by atoms with Gasteiger partial charge in [0.15, 0.2) is 0 Å². The second-order valence-corrected chi connectivity index (χ2v) is 12.0. The van der Waals surface area contributed by atoms with Crippen LogP contribution >= 0.6 is 0 Å². The minimum absolute atomic E-state index is 0.0510. The van der Waals surface area contributed by atoms with Gasteiger partial charge >= 0.3 is 0 Å². The summed E-state index contributed by atoms with van der Waals surface area (Å²) in [6, 6.07) is 22.2. The van der Waals surface area contributed by atoms with E-state index < -0.39 is 28.5 Å². The summed E-state index contributed by atoms with van der Waals surface area (Å²) in [6.45, 7) is 9.51. The molecule has 0 saturated heterocycles. The summed E-state index contributed by atoms with van der Waals surface area (Å²) >= 11 is 0. The number of rotatable bonds is 13. The molecular weight excluding hydrogens is 522 g/mol. The fourth-order valence-corrected chi connectivity index (χ4v) is 5.83. The van der Waals surface area contributed by atoms with Gasteiger partial charge in [-0.25, -0.2) is 8.42 Å². The number of benzene rings is 3. The molecule has 40 heavy (non-hydrogen) atoms. The van der Waals surface area contributed by atoms with Crippen molar-refractivity contribution in [2.24, 2.45) is 0 Å². The Hall–Kier alpha value is -3.65. The summed E-state index contributed by atoms with van der Waals surface area (Å²) in [6.07, 6.45) is 1.94. The molecule has 0 aliphatic rings. The van der Waals surface area contributed by atoms with E-state index in [-0.39, 0.29) is 23.4 Å². The first-order chi connectivity index (χ1) is 19.1. The fourth-order valence-electron chi connectivity index (χ4n) is 4.40. The summed E-state index contributed by atoms with van der Waals surface area (Å²) in [4.78, 5) is 29.0. The van der Waals surface area contributed by atoms with Crippen molar-refractivity contribution in [2.75, 3.05) is 10.8 Å². The first-order valence-electron chi connectivity index (χ1n) is 13.9. The summed E-state index contributed by atoms with van der Waals surface area (Å²) in [5.74, 6) is -0.701. The number of hydrogen-bond acceptors (Lipinski definition) is 4. The lowest BCUT2D eigenvalue weighted by Crippen LogP contribution is -2.53. The zero-order valence-corrected chi connectivity index (χ0v) is 24.9. The predicted octanol–water partition coefficient (Wildman–Crippen LogP) is 5.47. The number of amides is 2. The SMILES string of the molecule is CCc1ccc(N(CC(=O)N(Cc2ccc(C)cc2)[C@H](CC)C(=O)N[C@H](C)CC)S(=O)(=O)c2ccccc2)cc1. The van der Waals surface area contributed by atoms with Crippen LogP contribution in [0.4, 0.5) is 5.69 Å². The van der Waals surface area contributed by atoms with Crippen molar-refractivity contribution in [3.8, 4) is 0 Å². The van der Waals surface area contributed by atoms with Crippen molar-refractivity contribution in [1.82, 2.24) is 10.2 Å². The molecule has 0 unspecified atom stereocenters. The van der Waals surface area contributed by atoms with E-state index in [1.165, 1.54) is 17.0 Å². The molecule has 2 amide bonds. The summed E-state index contributed by atoms with van der Waals surface area (Å²) in [5, 5.41) is 3.00. The number of carbonyl (C=O) groups is 2. The molecule has 3 rings (SSSR count). The highest BCUT2D eigenvalue weighted by Gasteiger charge is 2.33. The molecule has 1 N–H and O–H groups in total. The highest BCUT2D eigenvalue weighted by molar-refractivity contribution is 7.92. The molecule has 2 atom stereocenters. The number of carbonyl (C=O) groups excluding carboxylic acids is 2. The van der Waals surface area contributed by atoms with E-state index in [0.717, 1.165) is 33.8 Å². The minimum atomic E-state index is -4.07. The smallest absolute Gasteiger partial charge is 0.264 e. The zero-order chi connectivity index (χ0) is 29.3. The van der Waals surface area contributed by atoms with Crippen molar-refractivity contribution in [2.45, 2.75) is 77.4 Å². The molecule has 0 fully saturated rings. The lowest BCUT2D eigenvalue weighted by atomic mass is 10.1. The van der Waals surface area contributed by atoms with E-state index in [1.807, 2.05) is 71.0 Å². The van der Waals surface area contributed by atoms with Crippen LogP contribution in [0.2, 0.25) is 0 Å². The molecule has 0 aliphatic carbocycles. The van der Waals surface area contributed by atoms with Gasteiger partial charge < -0.3 is 10.2 Å². The normalized spacial score (nSPS) is 12.8. The van der Waals surface area contributed by atoms with Gasteiger partial charge in [0.2, 0.25) is 11.8 Å². The highest BCUT2D eigenvalue weighted by Crippen LogP contribution is 2.25. The summed E-state index contributed by atoms with van der Waals surface area (Å²) < 4.78 is 28.9. The molecule has 0 spiro atoms. The second-order valence-electron chi connectivity index (χ2n) is 10.1. The Bertz CT molecular complexity index is 1360. The van der Waals surface area contributed by atoms with Crippen LogP contribution in [-0.2, 0) is 32.6 Å². The molecule has 3 aromatic carbocycles. The molecule has 0 saturated carbocycles. The summed E-state index contributed by atoms with van der Waals surface area (Å²) in [5.41, 5.74) is 3.39. The van der Waals surface area contributed by atoms with E-state index >= 15 is 0 Å². The lowest BCUT2D eigenvalue weighted by Gasteiger charge is -2.33. The number of aryl methyl sites for hydroxylation is 2. The molecule has 8 heteroatoms. The molecule has 0 heterocycles. The molecule has 3 aromatic rings. The monoisotopic (exact) mass is 563 g/mol. The predicted molar refractivity (Wildman–Crippen MR) is 160 cm³/mol. The average molecular weight is 564 g/mol. The molecule has 0 bridgehead atoms. The van der Waals surface area contributed by atoms with Gasteiger partial charge in [0.25, 0.3) is 10.0 Å². The Balaban J connectivity index is 2.04. The van der Waals surface area contributed by atoms with Crippen LogP contribution in [0.25, 0.3) is 0 Å². The molecular formula is C32H41N3O4S. The van der Waals surface area contributed by atoms with Crippen molar-refractivity contribution in [1.29, 1.82) is 0 Å². The van der Waals surface area contributed by atoms with Gasteiger partial charge in [0.05, 0.1) is 10.6 Å². The van der Waals surface area contributed by atoms with Gasteiger partial charge in [-0.2, -0.15) is 0 Å². The Morgan fingerprint density at radius 2 is 1.43 bits per heavy atom. The Morgan fingerprint density at radius 3 is 1.98 bits per heavy atom. The van der Waals surface area contributed by atoms with E-state index in [1.54, 1.807) is 30.3 Å². The van der Waals surface area contributed by atoms with Crippen LogP contribution in [0.3, 0.4) is 0 Å². The number of nitrogens with one attached hydrogen (secondary N) is 1. The Morgan fingerprint density at radius 1 is 0.825 bits per heavy atom. The highest BCUT2D eigenvalue weighted by atomic mass is 32.2. The van der Waals surface area contributed by atoms with Gasteiger partial charge in [0.1, 0.15) is 12.6 Å². The first-order valence-corrected chi connectivity index (χ1v) is 15.4. The third-order valence-electron chi connectivity index (χ3n) is 7.10. The number of hydrogen-bond donors (Lipinski definition) is 1. The summed E-state index contributed by atoms with van der Waals surface area (Å²) in [7, 11) is -4.07. The van der Waals surface area contributed by atoms with Crippen molar-refractivity contribution < 1.29 is 18.0 Å². The maximum Gasteiger partial charge on any atom is 0.264 e. The standard InChI is InChI=1S/C32H41N3O4S/c1-6-25(5)33-32(37)30(8-3)34(22-27-16-14-24(4)15-17-27)31(36)23-35(28-20-18-26(7-2)19-21-28)40(38,39)29-12-10-9-11-13-29/h9-21,25,30H,6-8,22-23H2,1-5H3,(H,33,37)/t25-,30-/m1/s1. The number of nitrogens with zero attached hydrogens (tertiary/aromatic N) is 2. The van der Waals surface area contributed by atoms with Gasteiger partial charge in [-0.3, -0.25) is 13.9 Å². The van der Waals surface area contributed by atoms with Crippen molar-refractivity contribution in [3.05, 3.63) is 95.6 Å². The van der Waals surface area contributed by atoms with Crippen LogP contribution in [0.5, 0.6) is 0 Å². The van der Waals surface area contributed by atoms with Gasteiger partial charge in [0, 0.05) is 12.6 Å². The molecule has 0 aromatic heterocycles. The average Bonchev–Trinajstić information content (AvgIpc) is 2.97. The largest absolute Gasteiger partial charge is 0.352 e. The molecule has 214 valence electrons. The maximum atomic E-state index is 14.1. The first kappa shape index (κ1) is 30.9. The Kier molecular flexibility index (Phi) is 10.9. The molecule has 0 radical (unpaired) electrons. The van der Waals surface area contributed by atoms with Gasteiger partial charge in [-0.15, -0.1) is 0 Å².